The van der Waals surface area contributed by atoms with Crippen molar-refractivity contribution in [3.63, 3.8) is 0 Å². The lowest BCUT2D eigenvalue weighted by Crippen LogP contribution is -2.26. The van der Waals surface area contributed by atoms with Gasteiger partial charge in [-0.1, -0.05) is 24.3 Å². The first-order valence-corrected chi connectivity index (χ1v) is 4.05. The monoisotopic (exact) mass is 144 g/mol. The van der Waals surface area contributed by atoms with E-state index in [0.717, 1.165) is 6.42 Å². The highest BCUT2D eigenvalue weighted by molar-refractivity contribution is 5.50. The smallest absolute Gasteiger partial charge is 0.0151 e. The number of benzene rings is 1. The minimum Gasteiger partial charge on any atom is -0.0726 e. The van der Waals surface area contributed by atoms with Gasteiger partial charge in [0.05, 0.1) is 0 Å². The molecule has 1 aliphatic carbocycles. The molecule has 2 rings (SSSR count). The Hall–Kier alpha value is -1.04. The molecule has 11 heavy (non-hydrogen) atoms. The van der Waals surface area contributed by atoms with Crippen LogP contribution in [0.4, 0.5) is 0 Å². The molecule has 0 aliphatic heterocycles. The zero-order chi connectivity index (χ0) is 7.84. The maximum Gasteiger partial charge on any atom is -0.0151 e. The van der Waals surface area contributed by atoms with Crippen LogP contribution in [0.1, 0.15) is 17.5 Å². The maximum absolute atomic E-state index is 2.30. The van der Waals surface area contributed by atoms with E-state index in [4.69, 9.17) is 0 Å². The van der Waals surface area contributed by atoms with Crippen LogP contribution < -0.4 is 10.4 Å². The average molecular weight is 144 g/mol. The fourth-order valence-corrected chi connectivity index (χ4v) is 1.69. The predicted molar refractivity (Wildman–Crippen MR) is 48.7 cm³/mol. The zero-order valence-electron chi connectivity index (χ0n) is 7.02. The third-order valence-electron chi connectivity index (χ3n) is 2.37. The molecule has 1 aromatic rings. The number of aryl methyl sites for hydroxylation is 2. The summed E-state index contributed by atoms with van der Waals surface area (Å²) in [5, 5.41) is 2.90. The summed E-state index contributed by atoms with van der Waals surface area (Å²) >= 11 is 0. The van der Waals surface area contributed by atoms with E-state index in [0.29, 0.717) is 0 Å². The largest absolute Gasteiger partial charge is 0.0726 e. The third-order valence-corrected chi connectivity index (χ3v) is 2.37. The number of fused-ring (bicyclic) bond motifs is 1. The van der Waals surface area contributed by atoms with Gasteiger partial charge in [0, 0.05) is 0 Å². The van der Waals surface area contributed by atoms with E-state index >= 15 is 0 Å². The van der Waals surface area contributed by atoms with Crippen LogP contribution in [-0.4, -0.2) is 0 Å². The van der Waals surface area contributed by atoms with Crippen LogP contribution in [0, 0.1) is 13.8 Å². The molecule has 0 unspecified atom stereocenters. The minimum absolute atomic E-state index is 1.11. The van der Waals surface area contributed by atoms with E-state index in [9.17, 15) is 0 Å². The summed E-state index contributed by atoms with van der Waals surface area (Å²) in [6.45, 7) is 4.35. The van der Waals surface area contributed by atoms with Gasteiger partial charge in [0.1, 0.15) is 0 Å². The molecule has 0 fully saturated rings. The van der Waals surface area contributed by atoms with Crippen molar-refractivity contribution >= 4 is 12.2 Å². The Morgan fingerprint density at radius 1 is 0.909 bits per heavy atom. The molecule has 56 valence electrons. The van der Waals surface area contributed by atoms with E-state index in [-0.39, 0.29) is 0 Å². The molecular weight excluding hydrogens is 132 g/mol. The van der Waals surface area contributed by atoms with Crippen LogP contribution in [-0.2, 0) is 0 Å². The Morgan fingerprint density at radius 2 is 1.36 bits per heavy atom. The molecule has 0 spiro atoms. The van der Waals surface area contributed by atoms with Crippen molar-refractivity contribution in [1.82, 2.24) is 0 Å². The van der Waals surface area contributed by atoms with Crippen LogP contribution >= 0.6 is 0 Å². The fraction of sp³-hybridized carbons (Fsp3) is 0.273. The van der Waals surface area contributed by atoms with Gasteiger partial charge in [-0.25, -0.2) is 0 Å². The van der Waals surface area contributed by atoms with Crippen LogP contribution in [0.25, 0.3) is 12.2 Å². The lowest BCUT2D eigenvalue weighted by Gasteiger charge is -1.96. The SMILES string of the molecule is Cc1ccc(C)c2c1=CCC=2. The summed E-state index contributed by atoms with van der Waals surface area (Å²) < 4.78 is 0. The highest BCUT2D eigenvalue weighted by Crippen LogP contribution is 1.96. The highest BCUT2D eigenvalue weighted by atomic mass is 14.0. The molecular formula is C11H12. The molecule has 0 atom stereocenters. The second kappa shape index (κ2) is 2.23. The van der Waals surface area contributed by atoms with Crippen molar-refractivity contribution in [2.45, 2.75) is 20.3 Å². The fourth-order valence-electron chi connectivity index (χ4n) is 1.69. The van der Waals surface area contributed by atoms with Gasteiger partial charge in [0.2, 0.25) is 0 Å². The Morgan fingerprint density at radius 3 is 1.82 bits per heavy atom. The molecule has 0 saturated heterocycles. The molecule has 0 heteroatoms. The van der Waals surface area contributed by atoms with E-state index in [1.807, 2.05) is 0 Å². The van der Waals surface area contributed by atoms with Gasteiger partial charge in [-0.3, -0.25) is 0 Å². The maximum atomic E-state index is 2.30. The van der Waals surface area contributed by atoms with Gasteiger partial charge in [0.25, 0.3) is 0 Å². The second-order valence-corrected chi connectivity index (χ2v) is 3.17. The van der Waals surface area contributed by atoms with Crippen LogP contribution in [0.5, 0.6) is 0 Å². The summed E-state index contributed by atoms with van der Waals surface area (Å²) in [4.78, 5) is 0. The summed E-state index contributed by atoms with van der Waals surface area (Å²) in [6, 6.07) is 4.40. The first-order valence-electron chi connectivity index (χ1n) is 4.05. The van der Waals surface area contributed by atoms with Crippen LogP contribution in [0.15, 0.2) is 12.1 Å². The number of hydrogen-bond donors (Lipinski definition) is 0. The van der Waals surface area contributed by atoms with E-state index in [1.165, 1.54) is 21.6 Å². The topological polar surface area (TPSA) is 0 Å². The first-order chi connectivity index (χ1) is 5.29. The zero-order valence-corrected chi connectivity index (χ0v) is 7.02. The molecule has 0 amide bonds. The Bertz CT molecular complexity index is 358. The Kier molecular flexibility index (Phi) is 1.35. The van der Waals surface area contributed by atoms with Gasteiger partial charge < -0.3 is 0 Å². The van der Waals surface area contributed by atoms with Crippen molar-refractivity contribution in [3.8, 4) is 0 Å². The summed E-state index contributed by atoms with van der Waals surface area (Å²) in [5.74, 6) is 0. The van der Waals surface area contributed by atoms with Crippen molar-refractivity contribution < 1.29 is 0 Å². The molecule has 1 aromatic carbocycles. The molecule has 1 aliphatic rings. The predicted octanol–water partition coefficient (Wildman–Crippen LogP) is 1.27. The third kappa shape index (κ3) is 0.900. The molecule has 0 saturated carbocycles. The molecule has 0 nitrogen and oxygen atoms in total. The van der Waals surface area contributed by atoms with Gasteiger partial charge >= 0.3 is 0 Å². The van der Waals surface area contributed by atoms with Gasteiger partial charge in [-0.2, -0.15) is 0 Å². The average Bonchev–Trinajstić information content (AvgIpc) is 2.45. The number of hydrogen-bond acceptors (Lipinski definition) is 0. The van der Waals surface area contributed by atoms with Gasteiger partial charge in [-0.05, 0) is 41.8 Å². The summed E-state index contributed by atoms with van der Waals surface area (Å²) in [6.07, 6.45) is 5.72. The van der Waals surface area contributed by atoms with E-state index in [1.54, 1.807) is 0 Å². The van der Waals surface area contributed by atoms with E-state index in [2.05, 4.69) is 38.1 Å². The van der Waals surface area contributed by atoms with E-state index < -0.39 is 0 Å². The van der Waals surface area contributed by atoms with Crippen molar-refractivity contribution in [1.29, 1.82) is 0 Å². The minimum atomic E-state index is 1.11. The van der Waals surface area contributed by atoms with Crippen molar-refractivity contribution in [2.75, 3.05) is 0 Å². The molecule has 0 heterocycles. The summed E-state index contributed by atoms with van der Waals surface area (Å²) in [5.41, 5.74) is 2.80. The highest BCUT2D eigenvalue weighted by Gasteiger charge is 1.98. The van der Waals surface area contributed by atoms with Gasteiger partial charge in [0.15, 0.2) is 0 Å². The van der Waals surface area contributed by atoms with Crippen LogP contribution in [0.2, 0.25) is 0 Å². The summed E-state index contributed by atoms with van der Waals surface area (Å²) in [7, 11) is 0. The normalized spacial score (nSPS) is 13.6. The Balaban J connectivity index is 2.98. The standard InChI is InChI=1S/C11H12/c1-8-6-7-9(2)11-5-3-4-10(8)11/h4-7H,3H2,1-2H3. The first kappa shape index (κ1) is 6.66. The molecule has 0 N–H and O–H groups in total. The lowest BCUT2D eigenvalue weighted by molar-refractivity contribution is 1.31. The quantitative estimate of drug-likeness (QED) is 0.514. The van der Waals surface area contributed by atoms with Crippen LogP contribution in [0.3, 0.4) is 0 Å². The molecule has 0 radical (unpaired) electrons. The molecule has 0 bridgehead atoms. The van der Waals surface area contributed by atoms with Gasteiger partial charge in [-0.15, -0.1) is 0 Å². The van der Waals surface area contributed by atoms with Crippen molar-refractivity contribution in [2.24, 2.45) is 0 Å². The van der Waals surface area contributed by atoms with Crippen molar-refractivity contribution in [3.05, 3.63) is 33.7 Å². The number of rotatable bonds is 0. The lowest BCUT2D eigenvalue weighted by atomic mass is 10.1. The molecule has 0 aromatic heterocycles. The second-order valence-electron chi connectivity index (χ2n) is 3.17. The Labute approximate surface area is 66.9 Å².